The monoisotopic (exact) mass is 386 g/mol. The van der Waals surface area contributed by atoms with Crippen molar-refractivity contribution >= 4 is 50.6 Å². The van der Waals surface area contributed by atoms with E-state index in [1.807, 2.05) is 26.0 Å². The molecule has 0 aliphatic carbocycles. The summed E-state index contributed by atoms with van der Waals surface area (Å²) in [5, 5.41) is 4.65. The van der Waals surface area contributed by atoms with Gasteiger partial charge in [-0.15, -0.1) is 11.3 Å². The molecule has 0 saturated carbocycles. The van der Waals surface area contributed by atoms with E-state index >= 15 is 0 Å². The summed E-state index contributed by atoms with van der Waals surface area (Å²) in [6.45, 7) is 5.92. The van der Waals surface area contributed by atoms with Crippen LogP contribution >= 0.6 is 22.9 Å². The number of fused-ring (bicyclic) bond motifs is 1. The van der Waals surface area contributed by atoms with Crippen molar-refractivity contribution in [1.82, 2.24) is 9.97 Å². The minimum atomic E-state index is -0.122. The lowest BCUT2D eigenvalue weighted by molar-refractivity contribution is 0.103. The van der Waals surface area contributed by atoms with Crippen LogP contribution in [-0.2, 0) is 0 Å². The highest BCUT2D eigenvalue weighted by Gasteiger charge is 2.23. The summed E-state index contributed by atoms with van der Waals surface area (Å²) in [7, 11) is 0. The molecular formula is C19H19ClN4OS. The van der Waals surface area contributed by atoms with Crippen LogP contribution in [0.3, 0.4) is 0 Å². The summed E-state index contributed by atoms with van der Waals surface area (Å²) in [6, 6.07) is 5.44. The van der Waals surface area contributed by atoms with Crippen LogP contribution in [0, 0.1) is 13.8 Å². The first-order valence-corrected chi connectivity index (χ1v) is 9.80. The number of hydrogen-bond acceptors (Lipinski definition) is 5. The standard InChI is InChI=1S/C19H19ClN4OS/c1-11-9-13(20)5-6-14(11)23-18(25)16-12(2)15-17(24-7-3-4-8-24)21-10-22-19(15)26-16/h5-6,9-10H,3-4,7-8H2,1-2H3,(H,23,25). The molecule has 26 heavy (non-hydrogen) atoms. The minimum Gasteiger partial charge on any atom is -0.356 e. The number of aromatic nitrogens is 2. The third-order valence-corrected chi connectivity index (χ3v) is 6.19. The topological polar surface area (TPSA) is 58.1 Å². The molecule has 3 aromatic rings. The number of thiophene rings is 1. The summed E-state index contributed by atoms with van der Waals surface area (Å²) >= 11 is 7.42. The smallest absolute Gasteiger partial charge is 0.266 e. The van der Waals surface area contributed by atoms with Crippen LogP contribution in [0.5, 0.6) is 0 Å². The van der Waals surface area contributed by atoms with Gasteiger partial charge in [0.1, 0.15) is 17.0 Å². The van der Waals surface area contributed by atoms with Gasteiger partial charge in [-0.3, -0.25) is 4.79 Å². The first-order valence-electron chi connectivity index (χ1n) is 8.61. The normalized spacial score (nSPS) is 14.2. The highest BCUT2D eigenvalue weighted by atomic mass is 35.5. The van der Waals surface area contributed by atoms with E-state index in [9.17, 15) is 4.79 Å². The SMILES string of the molecule is Cc1cc(Cl)ccc1NC(=O)c1sc2ncnc(N3CCCC3)c2c1C. The van der Waals surface area contributed by atoms with Gasteiger partial charge in [-0.2, -0.15) is 0 Å². The number of rotatable bonds is 3. The summed E-state index contributed by atoms with van der Waals surface area (Å²) in [5.41, 5.74) is 2.64. The fraction of sp³-hybridized carbons (Fsp3) is 0.316. The summed E-state index contributed by atoms with van der Waals surface area (Å²) in [4.78, 5) is 25.6. The Morgan fingerprint density at radius 3 is 2.73 bits per heavy atom. The Morgan fingerprint density at radius 2 is 2.00 bits per heavy atom. The number of benzene rings is 1. The second-order valence-electron chi connectivity index (χ2n) is 6.54. The zero-order valence-electron chi connectivity index (χ0n) is 14.7. The summed E-state index contributed by atoms with van der Waals surface area (Å²) in [5.74, 6) is 0.825. The van der Waals surface area contributed by atoms with Crippen LogP contribution < -0.4 is 10.2 Å². The summed E-state index contributed by atoms with van der Waals surface area (Å²) < 4.78 is 0. The van der Waals surface area contributed by atoms with Crippen LogP contribution in [0.2, 0.25) is 5.02 Å². The van der Waals surface area contributed by atoms with Crippen molar-refractivity contribution in [3.8, 4) is 0 Å². The number of carbonyl (C=O) groups is 1. The summed E-state index contributed by atoms with van der Waals surface area (Å²) in [6.07, 6.45) is 3.95. The van der Waals surface area contributed by atoms with Gasteiger partial charge in [0.05, 0.1) is 10.3 Å². The first-order chi connectivity index (χ1) is 12.5. The number of hydrogen-bond donors (Lipinski definition) is 1. The number of nitrogens with zero attached hydrogens (tertiary/aromatic N) is 3. The largest absolute Gasteiger partial charge is 0.356 e. The molecule has 1 saturated heterocycles. The van der Waals surface area contributed by atoms with E-state index in [4.69, 9.17) is 11.6 Å². The maximum atomic E-state index is 12.9. The van der Waals surface area contributed by atoms with Crippen LogP contribution in [0.1, 0.15) is 33.6 Å². The first kappa shape index (κ1) is 17.2. The molecule has 0 bridgehead atoms. The van der Waals surface area contributed by atoms with Crippen molar-refractivity contribution < 1.29 is 4.79 Å². The number of amides is 1. The molecule has 0 spiro atoms. The van der Waals surface area contributed by atoms with Crippen molar-refractivity contribution in [3.05, 3.63) is 45.6 Å². The Labute approximate surface area is 161 Å². The van der Waals surface area contributed by atoms with Crippen molar-refractivity contribution in [2.45, 2.75) is 26.7 Å². The quantitative estimate of drug-likeness (QED) is 0.701. The average Bonchev–Trinajstić information content (AvgIpc) is 3.26. The predicted molar refractivity (Wildman–Crippen MR) is 108 cm³/mol. The molecule has 0 radical (unpaired) electrons. The van der Waals surface area contributed by atoms with Crippen molar-refractivity contribution in [3.63, 3.8) is 0 Å². The Hall–Kier alpha value is -2.18. The zero-order chi connectivity index (χ0) is 18.3. The lowest BCUT2D eigenvalue weighted by Crippen LogP contribution is -2.19. The van der Waals surface area contributed by atoms with E-state index < -0.39 is 0 Å². The van der Waals surface area contributed by atoms with Crippen LogP contribution in [0.4, 0.5) is 11.5 Å². The second-order valence-corrected chi connectivity index (χ2v) is 7.98. The van der Waals surface area contributed by atoms with E-state index in [-0.39, 0.29) is 5.91 Å². The van der Waals surface area contributed by atoms with Gasteiger partial charge in [0.25, 0.3) is 5.91 Å². The molecule has 0 unspecified atom stereocenters. The Kier molecular flexibility index (Phi) is 4.54. The fourth-order valence-corrected chi connectivity index (χ4v) is 4.65. The van der Waals surface area contributed by atoms with E-state index in [1.54, 1.807) is 12.4 Å². The van der Waals surface area contributed by atoms with Crippen molar-refractivity contribution in [2.24, 2.45) is 0 Å². The van der Waals surface area contributed by atoms with E-state index in [0.29, 0.717) is 9.90 Å². The number of nitrogens with one attached hydrogen (secondary N) is 1. The molecular weight excluding hydrogens is 368 g/mol. The lowest BCUT2D eigenvalue weighted by Gasteiger charge is -2.17. The molecule has 134 valence electrons. The third kappa shape index (κ3) is 3.04. The van der Waals surface area contributed by atoms with Crippen LogP contribution in [0.25, 0.3) is 10.2 Å². The molecule has 1 N–H and O–H groups in total. The third-order valence-electron chi connectivity index (χ3n) is 4.76. The van der Waals surface area contributed by atoms with Gasteiger partial charge in [-0.05, 0) is 56.0 Å². The van der Waals surface area contributed by atoms with Gasteiger partial charge in [-0.1, -0.05) is 11.6 Å². The average molecular weight is 387 g/mol. The van der Waals surface area contributed by atoms with Gasteiger partial charge < -0.3 is 10.2 Å². The number of halogens is 1. The van der Waals surface area contributed by atoms with Crippen molar-refractivity contribution in [1.29, 1.82) is 0 Å². The maximum absolute atomic E-state index is 12.9. The van der Waals surface area contributed by atoms with Crippen LogP contribution in [-0.4, -0.2) is 29.0 Å². The van der Waals surface area contributed by atoms with Crippen molar-refractivity contribution in [2.75, 3.05) is 23.3 Å². The Bertz CT molecular complexity index is 995. The molecule has 2 aromatic heterocycles. The molecule has 1 aliphatic rings. The maximum Gasteiger partial charge on any atom is 0.266 e. The molecule has 7 heteroatoms. The Balaban J connectivity index is 1.71. The zero-order valence-corrected chi connectivity index (χ0v) is 16.2. The lowest BCUT2D eigenvalue weighted by atomic mass is 10.1. The van der Waals surface area contributed by atoms with E-state index in [2.05, 4.69) is 20.2 Å². The van der Waals surface area contributed by atoms with Crippen LogP contribution in [0.15, 0.2) is 24.5 Å². The number of aryl methyl sites for hydroxylation is 2. The van der Waals surface area contributed by atoms with Gasteiger partial charge >= 0.3 is 0 Å². The molecule has 4 rings (SSSR count). The van der Waals surface area contributed by atoms with Gasteiger partial charge in [0.2, 0.25) is 0 Å². The molecule has 1 aliphatic heterocycles. The van der Waals surface area contributed by atoms with Gasteiger partial charge in [0.15, 0.2) is 0 Å². The molecule has 1 fully saturated rings. The number of carbonyl (C=O) groups excluding carboxylic acids is 1. The highest BCUT2D eigenvalue weighted by Crippen LogP contribution is 2.36. The van der Waals surface area contributed by atoms with Gasteiger partial charge in [0, 0.05) is 23.8 Å². The second kappa shape index (κ2) is 6.85. The predicted octanol–water partition coefficient (Wildman–Crippen LogP) is 4.81. The molecule has 1 aromatic carbocycles. The van der Waals surface area contributed by atoms with E-state index in [0.717, 1.165) is 45.9 Å². The molecule has 5 nitrogen and oxygen atoms in total. The Morgan fingerprint density at radius 1 is 1.23 bits per heavy atom. The van der Waals surface area contributed by atoms with Gasteiger partial charge in [-0.25, -0.2) is 9.97 Å². The van der Waals surface area contributed by atoms with E-state index in [1.165, 1.54) is 24.2 Å². The number of anilines is 2. The highest BCUT2D eigenvalue weighted by molar-refractivity contribution is 7.20. The molecule has 0 atom stereocenters. The fourth-order valence-electron chi connectivity index (χ4n) is 3.38. The minimum absolute atomic E-state index is 0.122. The molecule has 1 amide bonds. The molecule has 3 heterocycles.